The van der Waals surface area contributed by atoms with Crippen LogP contribution < -0.4 is 5.32 Å². The van der Waals surface area contributed by atoms with E-state index in [0.29, 0.717) is 12.4 Å². The molecule has 2 aromatic carbocycles. The number of Topliss-reactive ketones (excluding diaryl/α,β-unsaturated/α-hetero) is 1. The maximum atomic E-state index is 12.7. The lowest BCUT2D eigenvalue weighted by molar-refractivity contribution is -0.116. The molecule has 2 heterocycles. The van der Waals surface area contributed by atoms with Crippen LogP contribution in [0.3, 0.4) is 0 Å². The Bertz CT molecular complexity index is 1000. The second kappa shape index (κ2) is 5.95. The van der Waals surface area contributed by atoms with Crippen LogP contribution in [0.25, 0.3) is 11.1 Å². The van der Waals surface area contributed by atoms with Crippen LogP contribution in [-0.4, -0.2) is 20.5 Å². The fourth-order valence-electron chi connectivity index (χ4n) is 3.89. The first kappa shape index (κ1) is 15.1. The van der Waals surface area contributed by atoms with Crippen molar-refractivity contribution in [2.75, 3.05) is 5.32 Å². The summed E-state index contributed by atoms with van der Waals surface area (Å²) in [4.78, 5) is 17.0. The smallest absolute Gasteiger partial charge is 0.226 e. The highest BCUT2D eigenvalue weighted by atomic mass is 16.1. The Hall–Kier alpha value is -3.21. The summed E-state index contributed by atoms with van der Waals surface area (Å²) in [6.45, 7) is 0. The number of anilines is 1. The number of nitrogens with one attached hydrogen (secondary N) is 1. The summed E-state index contributed by atoms with van der Waals surface area (Å²) in [5.41, 5.74) is 5.23. The molecule has 1 aliphatic heterocycles. The van der Waals surface area contributed by atoms with E-state index in [4.69, 9.17) is 0 Å². The van der Waals surface area contributed by atoms with E-state index in [1.165, 1.54) is 11.9 Å². The van der Waals surface area contributed by atoms with Gasteiger partial charge in [0, 0.05) is 17.7 Å². The molecule has 0 fully saturated rings. The molecule has 2 aliphatic rings. The van der Waals surface area contributed by atoms with Gasteiger partial charge in [-0.25, -0.2) is 4.68 Å². The maximum absolute atomic E-state index is 12.7. The Morgan fingerprint density at radius 2 is 1.73 bits per heavy atom. The van der Waals surface area contributed by atoms with E-state index in [1.54, 1.807) is 0 Å². The van der Waals surface area contributed by atoms with Crippen molar-refractivity contribution in [2.45, 2.75) is 25.3 Å². The first-order valence-electron chi connectivity index (χ1n) is 8.89. The number of ketones is 1. The standard InChI is InChI=1S/C21H18N4O/c26-18-8-4-7-17-19(18)20(25-21(24-17)22-13-23-25)16-11-9-15(10-12-16)14-5-2-1-3-6-14/h1-3,5-6,9-13,20H,4,7-8H2,(H,22,23,24)/t20-/m1/s1. The zero-order chi connectivity index (χ0) is 17.5. The van der Waals surface area contributed by atoms with Gasteiger partial charge in [0.1, 0.15) is 12.4 Å². The second-order valence-electron chi connectivity index (χ2n) is 6.71. The van der Waals surface area contributed by atoms with Gasteiger partial charge < -0.3 is 5.32 Å². The summed E-state index contributed by atoms with van der Waals surface area (Å²) < 4.78 is 1.82. The summed E-state index contributed by atoms with van der Waals surface area (Å²) in [5, 5.41) is 7.67. The topological polar surface area (TPSA) is 59.8 Å². The zero-order valence-electron chi connectivity index (χ0n) is 14.2. The number of nitrogens with zero attached hydrogens (tertiary/aromatic N) is 3. The molecule has 5 rings (SSSR count). The van der Waals surface area contributed by atoms with E-state index in [-0.39, 0.29) is 11.8 Å². The minimum atomic E-state index is -0.207. The van der Waals surface area contributed by atoms with Crippen LogP contribution in [0.4, 0.5) is 5.95 Å². The predicted molar refractivity (Wildman–Crippen MR) is 99.5 cm³/mol. The van der Waals surface area contributed by atoms with E-state index in [1.807, 2.05) is 22.9 Å². The number of carbonyl (C=O) groups is 1. The summed E-state index contributed by atoms with van der Waals surface area (Å²) >= 11 is 0. The quantitative estimate of drug-likeness (QED) is 0.765. The molecular weight excluding hydrogens is 324 g/mol. The van der Waals surface area contributed by atoms with E-state index in [9.17, 15) is 4.79 Å². The molecule has 0 saturated carbocycles. The minimum Gasteiger partial charge on any atom is -0.328 e. The summed E-state index contributed by atoms with van der Waals surface area (Å²) in [5.74, 6) is 0.910. The van der Waals surface area contributed by atoms with Crippen LogP contribution in [-0.2, 0) is 4.79 Å². The Balaban J connectivity index is 1.60. The molecule has 5 nitrogen and oxygen atoms in total. The van der Waals surface area contributed by atoms with Gasteiger partial charge in [-0.3, -0.25) is 4.79 Å². The lowest BCUT2D eigenvalue weighted by Crippen LogP contribution is -2.31. The number of hydrogen-bond donors (Lipinski definition) is 1. The molecule has 26 heavy (non-hydrogen) atoms. The van der Waals surface area contributed by atoms with Crippen molar-refractivity contribution in [1.29, 1.82) is 0 Å². The van der Waals surface area contributed by atoms with Crippen molar-refractivity contribution in [1.82, 2.24) is 14.8 Å². The van der Waals surface area contributed by atoms with Crippen LogP contribution in [0.15, 0.2) is 72.2 Å². The van der Waals surface area contributed by atoms with Crippen molar-refractivity contribution in [3.63, 3.8) is 0 Å². The summed E-state index contributed by atoms with van der Waals surface area (Å²) in [7, 11) is 0. The fourth-order valence-corrected chi connectivity index (χ4v) is 3.89. The number of rotatable bonds is 2. The normalized spacial score (nSPS) is 18.9. The van der Waals surface area contributed by atoms with Gasteiger partial charge in [0.05, 0.1) is 0 Å². The van der Waals surface area contributed by atoms with E-state index in [0.717, 1.165) is 35.2 Å². The van der Waals surface area contributed by atoms with Crippen molar-refractivity contribution >= 4 is 11.7 Å². The Morgan fingerprint density at radius 3 is 2.54 bits per heavy atom. The van der Waals surface area contributed by atoms with Crippen LogP contribution >= 0.6 is 0 Å². The third-order valence-corrected chi connectivity index (χ3v) is 5.14. The molecule has 1 aromatic heterocycles. The maximum Gasteiger partial charge on any atom is 0.226 e. The molecule has 0 saturated heterocycles. The number of aromatic nitrogens is 3. The average Bonchev–Trinajstić information content (AvgIpc) is 3.16. The average molecular weight is 342 g/mol. The third kappa shape index (κ3) is 2.36. The molecule has 0 radical (unpaired) electrons. The monoisotopic (exact) mass is 342 g/mol. The van der Waals surface area contributed by atoms with Crippen molar-refractivity contribution in [2.24, 2.45) is 0 Å². The number of hydrogen-bond acceptors (Lipinski definition) is 4. The molecule has 5 heteroatoms. The molecule has 0 amide bonds. The van der Waals surface area contributed by atoms with Gasteiger partial charge in [-0.2, -0.15) is 10.1 Å². The van der Waals surface area contributed by atoms with Gasteiger partial charge in [-0.05, 0) is 29.5 Å². The lowest BCUT2D eigenvalue weighted by Gasteiger charge is -2.32. The highest BCUT2D eigenvalue weighted by Gasteiger charge is 2.35. The molecule has 3 aromatic rings. The second-order valence-corrected chi connectivity index (χ2v) is 6.71. The minimum absolute atomic E-state index is 0.206. The van der Waals surface area contributed by atoms with Crippen LogP contribution in [0, 0.1) is 0 Å². The predicted octanol–water partition coefficient (Wildman–Crippen LogP) is 3.97. The van der Waals surface area contributed by atoms with Crippen LogP contribution in [0.5, 0.6) is 0 Å². The van der Waals surface area contributed by atoms with Crippen molar-refractivity contribution in [3.8, 4) is 11.1 Å². The third-order valence-electron chi connectivity index (χ3n) is 5.14. The summed E-state index contributed by atoms with van der Waals surface area (Å²) in [6, 6.07) is 18.5. The van der Waals surface area contributed by atoms with Gasteiger partial charge in [0.2, 0.25) is 5.95 Å². The van der Waals surface area contributed by atoms with Gasteiger partial charge in [0.15, 0.2) is 5.78 Å². The van der Waals surface area contributed by atoms with Gasteiger partial charge in [-0.15, -0.1) is 0 Å². The number of carbonyl (C=O) groups excluding carboxylic acids is 1. The number of allylic oxidation sites excluding steroid dienone is 2. The van der Waals surface area contributed by atoms with E-state index < -0.39 is 0 Å². The van der Waals surface area contributed by atoms with Crippen molar-refractivity contribution < 1.29 is 4.79 Å². The molecule has 1 aliphatic carbocycles. The largest absolute Gasteiger partial charge is 0.328 e. The molecule has 1 N–H and O–H groups in total. The zero-order valence-corrected chi connectivity index (χ0v) is 14.2. The van der Waals surface area contributed by atoms with Crippen LogP contribution in [0.1, 0.15) is 30.9 Å². The summed E-state index contributed by atoms with van der Waals surface area (Å²) in [6.07, 6.45) is 3.91. The van der Waals surface area contributed by atoms with Crippen molar-refractivity contribution in [3.05, 3.63) is 77.8 Å². The molecule has 0 spiro atoms. The SMILES string of the molecule is O=C1CCCC2=C1[C@@H](c1ccc(-c3ccccc3)cc1)n1ncnc1N2. The Morgan fingerprint density at radius 1 is 0.962 bits per heavy atom. The molecule has 1 atom stereocenters. The molecule has 128 valence electrons. The lowest BCUT2D eigenvalue weighted by atomic mass is 9.85. The number of fused-ring (bicyclic) bond motifs is 1. The van der Waals surface area contributed by atoms with Crippen LogP contribution in [0.2, 0.25) is 0 Å². The highest BCUT2D eigenvalue weighted by Crippen LogP contribution is 2.39. The molecule has 0 bridgehead atoms. The van der Waals surface area contributed by atoms with E-state index in [2.05, 4.69) is 51.8 Å². The number of benzene rings is 2. The van der Waals surface area contributed by atoms with Gasteiger partial charge in [-0.1, -0.05) is 54.6 Å². The Kier molecular flexibility index (Phi) is 3.45. The fraction of sp³-hybridized carbons (Fsp3) is 0.190. The first-order valence-corrected chi connectivity index (χ1v) is 8.89. The van der Waals surface area contributed by atoms with E-state index >= 15 is 0 Å². The molecular formula is C21H18N4O. The molecule has 0 unspecified atom stereocenters. The van der Waals surface area contributed by atoms with Gasteiger partial charge in [0.25, 0.3) is 0 Å². The Labute approximate surface area is 151 Å². The first-order chi connectivity index (χ1) is 12.8. The van der Waals surface area contributed by atoms with Gasteiger partial charge >= 0.3 is 0 Å². The highest BCUT2D eigenvalue weighted by molar-refractivity contribution is 5.99.